The fourth-order valence-corrected chi connectivity index (χ4v) is 2.25. The van der Waals surface area contributed by atoms with E-state index in [2.05, 4.69) is 21.2 Å². The second-order valence-corrected chi connectivity index (χ2v) is 5.68. The van der Waals surface area contributed by atoms with E-state index in [0.717, 1.165) is 10.0 Å². The van der Waals surface area contributed by atoms with Gasteiger partial charge in [-0.2, -0.15) is 0 Å². The van der Waals surface area contributed by atoms with E-state index >= 15 is 0 Å². The predicted molar refractivity (Wildman–Crippen MR) is 82.9 cm³/mol. The molecule has 0 aliphatic rings. The molecule has 0 heterocycles. The van der Waals surface area contributed by atoms with Crippen molar-refractivity contribution in [2.24, 2.45) is 0 Å². The molecule has 2 aromatic carbocycles. The lowest BCUT2D eigenvalue weighted by Crippen LogP contribution is -2.14. The first kappa shape index (κ1) is 14.4. The van der Waals surface area contributed by atoms with Gasteiger partial charge < -0.3 is 5.32 Å². The van der Waals surface area contributed by atoms with Gasteiger partial charge in [0.1, 0.15) is 0 Å². The van der Waals surface area contributed by atoms with E-state index < -0.39 is 0 Å². The third kappa shape index (κ3) is 4.23. The summed E-state index contributed by atoms with van der Waals surface area (Å²) in [5.74, 6) is -0.111. The van der Waals surface area contributed by atoms with Gasteiger partial charge in [-0.25, -0.2) is 0 Å². The molecule has 2 aromatic rings. The maximum atomic E-state index is 11.9. The van der Waals surface area contributed by atoms with Crippen LogP contribution in [0, 0.1) is 0 Å². The quantitative estimate of drug-likeness (QED) is 0.827. The molecule has 0 saturated carbocycles. The lowest BCUT2D eigenvalue weighted by Gasteiger charge is -2.06. The first-order valence-electron chi connectivity index (χ1n) is 5.54. The lowest BCUT2D eigenvalue weighted by molar-refractivity contribution is -0.115. The molecule has 0 fully saturated rings. The van der Waals surface area contributed by atoms with Gasteiger partial charge in [0.05, 0.1) is 11.4 Å². The normalized spacial score (nSPS) is 10.3. The maximum Gasteiger partial charge on any atom is 0.228 e. The summed E-state index contributed by atoms with van der Waals surface area (Å²) in [4.78, 5) is 11.9. The largest absolute Gasteiger partial charge is 0.326 e. The molecule has 2 nitrogen and oxygen atoms in total. The number of amides is 1. The summed E-state index contributed by atoms with van der Waals surface area (Å²) in [6, 6.07) is 12.5. The molecule has 0 saturated heterocycles. The van der Waals surface area contributed by atoms with Gasteiger partial charge in [0, 0.05) is 15.2 Å². The Bertz CT molecular complexity index is 616. The minimum atomic E-state index is -0.111. The average molecular weight is 359 g/mol. The lowest BCUT2D eigenvalue weighted by atomic mass is 10.1. The highest BCUT2D eigenvalue weighted by atomic mass is 79.9. The van der Waals surface area contributed by atoms with Crippen LogP contribution >= 0.6 is 39.1 Å². The van der Waals surface area contributed by atoms with Crippen molar-refractivity contribution in [1.82, 2.24) is 0 Å². The molecule has 1 N–H and O–H groups in total. The third-order valence-corrected chi connectivity index (χ3v) is 3.92. The Hall–Kier alpha value is -1.03. The Morgan fingerprint density at radius 2 is 1.95 bits per heavy atom. The Balaban J connectivity index is 2.03. The molecule has 19 heavy (non-hydrogen) atoms. The van der Waals surface area contributed by atoms with E-state index in [1.165, 1.54) is 0 Å². The van der Waals surface area contributed by atoms with Crippen LogP contribution in [0.25, 0.3) is 0 Å². The van der Waals surface area contributed by atoms with E-state index in [9.17, 15) is 4.79 Å². The van der Waals surface area contributed by atoms with Gasteiger partial charge >= 0.3 is 0 Å². The molecule has 0 aliphatic heterocycles. The topological polar surface area (TPSA) is 29.1 Å². The van der Waals surface area contributed by atoms with Crippen LogP contribution in [-0.4, -0.2) is 5.91 Å². The number of carbonyl (C=O) groups is 1. The molecular formula is C14H10BrCl2NO. The van der Waals surface area contributed by atoms with Crippen molar-refractivity contribution in [3.8, 4) is 0 Å². The van der Waals surface area contributed by atoms with E-state index in [0.29, 0.717) is 15.7 Å². The summed E-state index contributed by atoms with van der Waals surface area (Å²) in [6.45, 7) is 0. The van der Waals surface area contributed by atoms with Crippen molar-refractivity contribution in [1.29, 1.82) is 0 Å². The Kier molecular flexibility index (Phi) is 4.86. The Morgan fingerprint density at radius 1 is 1.16 bits per heavy atom. The van der Waals surface area contributed by atoms with Crippen LogP contribution in [0.15, 0.2) is 46.9 Å². The third-order valence-electron chi connectivity index (χ3n) is 2.46. The summed E-state index contributed by atoms with van der Waals surface area (Å²) in [5, 5.41) is 3.97. The van der Waals surface area contributed by atoms with E-state index in [1.54, 1.807) is 30.3 Å². The summed E-state index contributed by atoms with van der Waals surface area (Å²) in [6.07, 6.45) is 0.272. The fraction of sp³-hybridized carbons (Fsp3) is 0.0714. The van der Waals surface area contributed by atoms with Crippen LogP contribution in [0.1, 0.15) is 5.56 Å². The van der Waals surface area contributed by atoms with Crippen molar-refractivity contribution in [3.63, 3.8) is 0 Å². The standard InChI is InChI=1S/C14H10BrCl2NO/c15-12-5-4-11(8-13(12)17)18-14(19)7-9-2-1-3-10(16)6-9/h1-6,8H,7H2,(H,18,19). The summed E-state index contributed by atoms with van der Waals surface area (Å²) >= 11 is 15.1. The number of halogens is 3. The number of hydrogen-bond acceptors (Lipinski definition) is 1. The first-order valence-corrected chi connectivity index (χ1v) is 7.09. The molecule has 98 valence electrons. The van der Waals surface area contributed by atoms with Gasteiger partial charge in [0.25, 0.3) is 0 Å². The van der Waals surface area contributed by atoms with Crippen molar-refractivity contribution in [3.05, 3.63) is 62.5 Å². The zero-order valence-corrected chi connectivity index (χ0v) is 12.9. The van der Waals surface area contributed by atoms with Gasteiger partial charge in [0.15, 0.2) is 0 Å². The van der Waals surface area contributed by atoms with Gasteiger partial charge in [-0.05, 0) is 51.8 Å². The van der Waals surface area contributed by atoms with Gasteiger partial charge in [0.2, 0.25) is 5.91 Å². The summed E-state index contributed by atoms with van der Waals surface area (Å²) in [7, 11) is 0. The second-order valence-electron chi connectivity index (χ2n) is 3.98. The molecule has 0 spiro atoms. The molecule has 0 atom stereocenters. The first-order chi connectivity index (χ1) is 9.04. The number of anilines is 1. The second kappa shape index (κ2) is 6.42. The van der Waals surface area contributed by atoms with Crippen LogP contribution in [0.5, 0.6) is 0 Å². The molecule has 0 bridgehead atoms. The number of hydrogen-bond donors (Lipinski definition) is 1. The van der Waals surface area contributed by atoms with Crippen LogP contribution in [-0.2, 0) is 11.2 Å². The van der Waals surface area contributed by atoms with Crippen LogP contribution in [0.3, 0.4) is 0 Å². The minimum absolute atomic E-state index is 0.111. The molecule has 5 heteroatoms. The zero-order valence-electron chi connectivity index (χ0n) is 9.79. The molecule has 0 unspecified atom stereocenters. The number of rotatable bonds is 3. The van der Waals surface area contributed by atoms with Crippen LogP contribution < -0.4 is 5.32 Å². The van der Waals surface area contributed by atoms with Crippen LogP contribution in [0.4, 0.5) is 5.69 Å². The highest BCUT2D eigenvalue weighted by Gasteiger charge is 2.06. The van der Waals surface area contributed by atoms with E-state index in [1.807, 2.05) is 12.1 Å². The summed E-state index contributed by atoms with van der Waals surface area (Å²) in [5.41, 5.74) is 1.54. The van der Waals surface area contributed by atoms with E-state index in [4.69, 9.17) is 23.2 Å². The predicted octanol–water partition coefficient (Wildman–Crippen LogP) is 4.94. The molecule has 0 aliphatic carbocycles. The van der Waals surface area contributed by atoms with Crippen molar-refractivity contribution >= 4 is 50.7 Å². The number of carbonyl (C=O) groups excluding carboxylic acids is 1. The van der Waals surface area contributed by atoms with Crippen molar-refractivity contribution in [2.45, 2.75) is 6.42 Å². The highest BCUT2D eigenvalue weighted by molar-refractivity contribution is 9.10. The molecule has 1 amide bonds. The maximum absolute atomic E-state index is 11.9. The number of nitrogens with one attached hydrogen (secondary N) is 1. The molecule has 0 radical (unpaired) electrons. The zero-order chi connectivity index (χ0) is 13.8. The SMILES string of the molecule is O=C(Cc1cccc(Cl)c1)Nc1ccc(Br)c(Cl)c1. The minimum Gasteiger partial charge on any atom is -0.326 e. The monoisotopic (exact) mass is 357 g/mol. The molecular weight excluding hydrogens is 349 g/mol. The highest BCUT2D eigenvalue weighted by Crippen LogP contribution is 2.25. The number of benzene rings is 2. The van der Waals surface area contributed by atoms with Crippen molar-refractivity contribution in [2.75, 3.05) is 5.32 Å². The van der Waals surface area contributed by atoms with Gasteiger partial charge in [-0.15, -0.1) is 0 Å². The van der Waals surface area contributed by atoms with Crippen LogP contribution in [0.2, 0.25) is 10.0 Å². The fourth-order valence-electron chi connectivity index (χ4n) is 1.61. The molecule has 0 aromatic heterocycles. The molecule has 2 rings (SSSR count). The van der Waals surface area contributed by atoms with Gasteiger partial charge in [-0.3, -0.25) is 4.79 Å². The summed E-state index contributed by atoms with van der Waals surface area (Å²) < 4.78 is 0.794. The smallest absolute Gasteiger partial charge is 0.228 e. The average Bonchev–Trinajstić information content (AvgIpc) is 2.34. The van der Waals surface area contributed by atoms with Crippen molar-refractivity contribution < 1.29 is 4.79 Å². The Morgan fingerprint density at radius 3 is 2.63 bits per heavy atom. The Labute approximate surface area is 129 Å². The van der Waals surface area contributed by atoms with E-state index in [-0.39, 0.29) is 12.3 Å². The van der Waals surface area contributed by atoms with Gasteiger partial charge in [-0.1, -0.05) is 35.3 Å².